The summed E-state index contributed by atoms with van der Waals surface area (Å²) in [7, 11) is -1.50. The predicted octanol–water partition coefficient (Wildman–Crippen LogP) is 5.91. The van der Waals surface area contributed by atoms with Crippen molar-refractivity contribution in [2.45, 2.75) is 71.0 Å². The van der Waals surface area contributed by atoms with E-state index in [1.807, 2.05) is 0 Å². The van der Waals surface area contributed by atoms with Crippen LogP contribution in [0, 0.1) is 0 Å². The van der Waals surface area contributed by atoms with Gasteiger partial charge >= 0.3 is 0 Å². The maximum atomic E-state index is 6.15. The molecule has 0 aliphatic rings. The number of rotatable bonds is 8. The Morgan fingerprint density at radius 1 is 1.06 bits per heavy atom. The molecule has 0 bridgehead atoms. The van der Waals surface area contributed by atoms with Gasteiger partial charge in [0.2, 0.25) is 0 Å². The molecule has 0 saturated heterocycles. The molecule has 0 N–H and O–H groups in total. The summed E-state index contributed by atoms with van der Waals surface area (Å²) >= 11 is 2.28. The molecule has 0 saturated carbocycles. The van der Waals surface area contributed by atoms with Crippen molar-refractivity contribution in [2.75, 3.05) is 6.61 Å². The molecule has 0 fully saturated rings. The smallest absolute Gasteiger partial charge is 0.191 e. The van der Waals surface area contributed by atoms with Crippen LogP contribution in [0.3, 0.4) is 0 Å². The largest absolute Gasteiger partial charge is 0.417 e. The molecule has 0 radical (unpaired) electrons. The first-order chi connectivity index (χ1) is 7.81. The Labute approximate surface area is 123 Å². The molecule has 0 amide bonds. The molecule has 0 aromatic heterocycles. The zero-order valence-electron chi connectivity index (χ0n) is 12.2. The Morgan fingerprint density at radius 2 is 1.65 bits per heavy atom. The second-order valence-corrected chi connectivity index (χ2v) is 11.7. The van der Waals surface area contributed by atoms with E-state index in [9.17, 15) is 0 Å². The number of hydrogen-bond donors (Lipinski definition) is 0. The van der Waals surface area contributed by atoms with E-state index < -0.39 is 8.32 Å². The van der Waals surface area contributed by atoms with Crippen LogP contribution >= 0.6 is 22.6 Å². The number of allylic oxidation sites excluding steroid dienone is 1. The first kappa shape index (κ1) is 17.6. The molecule has 0 aliphatic heterocycles. The van der Waals surface area contributed by atoms with E-state index in [0.29, 0.717) is 5.04 Å². The average Bonchev–Trinajstić information content (AvgIpc) is 2.20. The summed E-state index contributed by atoms with van der Waals surface area (Å²) in [6.07, 6.45) is 8.66. The first-order valence-electron chi connectivity index (χ1n) is 6.70. The molecule has 102 valence electrons. The number of unbranched alkanes of at least 4 members (excludes halogenated alkanes) is 4. The van der Waals surface area contributed by atoms with Gasteiger partial charge < -0.3 is 4.43 Å². The lowest BCUT2D eigenvalue weighted by Crippen LogP contribution is -2.40. The van der Waals surface area contributed by atoms with Gasteiger partial charge in [0.1, 0.15) is 0 Å². The van der Waals surface area contributed by atoms with Crippen LogP contribution in [0.4, 0.5) is 0 Å². The van der Waals surface area contributed by atoms with Gasteiger partial charge in [-0.15, -0.1) is 0 Å². The Balaban J connectivity index is 3.52. The predicted molar refractivity (Wildman–Crippen MR) is 89.4 cm³/mol. The van der Waals surface area contributed by atoms with Crippen molar-refractivity contribution in [1.29, 1.82) is 0 Å². The highest BCUT2D eigenvalue weighted by atomic mass is 127. The molecule has 0 rings (SSSR count). The van der Waals surface area contributed by atoms with E-state index >= 15 is 0 Å². The molecule has 0 atom stereocenters. The lowest BCUT2D eigenvalue weighted by Gasteiger charge is -2.36. The van der Waals surface area contributed by atoms with E-state index in [2.05, 4.69) is 66.6 Å². The van der Waals surface area contributed by atoms with Gasteiger partial charge in [-0.25, -0.2) is 0 Å². The fraction of sp³-hybridized carbons (Fsp3) is 0.857. The highest BCUT2D eigenvalue weighted by Gasteiger charge is 2.36. The van der Waals surface area contributed by atoms with E-state index in [1.54, 1.807) is 0 Å². The van der Waals surface area contributed by atoms with Crippen LogP contribution in [-0.2, 0) is 4.43 Å². The van der Waals surface area contributed by atoms with Gasteiger partial charge in [-0.3, -0.25) is 0 Å². The van der Waals surface area contributed by atoms with Crippen LogP contribution in [0.1, 0.15) is 52.9 Å². The molecule has 0 unspecified atom stereocenters. The van der Waals surface area contributed by atoms with Gasteiger partial charge in [-0.2, -0.15) is 0 Å². The van der Waals surface area contributed by atoms with Gasteiger partial charge in [-0.1, -0.05) is 62.3 Å². The number of halogens is 1. The molecule has 3 heteroatoms. The highest BCUT2D eigenvalue weighted by Crippen LogP contribution is 2.36. The maximum Gasteiger partial charge on any atom is 0.191 e. The second-order valence-electron chi connectivity index (χ2n) is 6.17. The SMILES string of the molecule is CC(C)(C)[Si](C)(C)OCCCCCC/C=C/I. The van der Waals surface area contributed by atoms with Crippen LogP contribution in [0.5, 0.6) is 0 Å². The Hall–Kier alpha value is 0.647. The van der Waals surface area contributed by atoms with Crippen molar-refractivity contribution in [3.05, 3.63) is 10.2 Å². The molecule has 0 aromatic rings. The van der Waals surface area contributed by atoms with Gasteiger partial charge in [-0.05, 0) is 41.5 Å². The van der Waals surface area contributed by atoms with Crippen LogP contribution in [0.2, 0.25) is 18.1 Å². The third-order valence-corrected chi connectivity index (χ3v) is 8.67. The van der Waals surface area contributed by atoms with E-state index in [4.69, 9.17) is 4.43 Å². The lowest BCUT2D eigenvalue weighted by molar-refractivity contribution is 0.277. The third kappa shape index (κ3) is 8.38. The maximum absolute atomic E-state index is 6.15. The van der Waals surface area contributed by atoms with Gasteiger partial charge in [0.15, 0.2) is 8.32 Å². The summed E-state index contributed by atoms with van der Waals surface area (Å²) in [5.41, 5.74) is 0. The molecular weight excluding hydrogens is 339 g/mol. The molecule has 0 spiro atoms. The first-order valence-corrected chi connectivity index (χ1v) is 10.9. The Morgan fingerprint density at radius 3 is 2.18 bits per heavy atom. The normalized spacial score (nSPS) is 13.5. The molecule has 0 aliphatic carbocycles. The monoisotopic (exact) mass is 368 g/mol. The van der Waals surface area contributed by atoms with Crippen LogP contribution < -0.4 is 0 Å². The summed E-state index contributed by atoms with van der Waals surface area (Å²) < 4.78 is 8.25. The quantitative estimate of drug-likeness (QED) is 0.294. The van der Waals surface area contributed by atoms with Crippen LogP contribution in [0.15, 0.2) is 10.2 Å². The average molecular weight is 368 g/mol. The van der Waals surface area contributed by atoms with Crippen molar-refractivity contribution in [2.24, 2.45) is 0 Å². The van der Waals surface area contributed by atoms with Gasteiger partial charge in [0.05, 0.1) is 0 Å². The molecule has 17 heavy (non-hydrogen) atoms. The van der Waals surface area contributed by atoms with Crippen molar-refractivity contribution >= 4 is 30.9 Å². The Kier molecular flexibility index (Phi) is 9.03. The Bertz CT molecular complexity index is 219. The molecular formula is C14H29IOSi. The van der Waals surface area contributed by atoms with Crippen LogP contribution in [0.25, 0.3) is 0 Å². The zero-order chi connectivity index (χ0) is 13.4. The standard InChI is InChI=1S/C14H29IOSi/c1-14(2,3)17(4,5)16-13-11-9-7-6-8-10-12-15/h10,12H,6-9,11,13H2,1-5H3/b12-10+. The summed E-state index contributed by atoms with van der Waals surface area (Å²) in [6, 6.07) is 0. The molecule has 1 nitrogen and oxygen atoms in total. The molecule has 0 heterocycles. The minimum atomic E-state index is -1.50. The third-order valence-electron chi connectivity index (χ3n) is 3.62. The second kappa shape index (κ2) is 8.70. The summed E-state index contributed by atoms with van der Waals surface area (Å²) in [5, 5.41) is 0.345. The minimum Gasteiger partial charge on any atom is -0.417 e. The fourth-order valence-corrected chi connectivity index (χ4v) is 2.77. The van der Waals surface area contributed by atoms with Gasteiger partial charge in [0.25, 0.3) is 0 Å². The van der Waals surface area contributed by atoms with Gasteiger partial charge in [0, 0.05) is 6.61 Å². The highest BCUT2D eigenvalue weighted by molar-refractivity contribution is 14.1. The molecule has 0 aromatic carbocycles. The van der Waals surface area contributed by atoms with E-state index in [0.717, 1.165) is 6.61 Å². The fourth-order valence-electron chi connectivity index (χ4n) is 1.32. The lowest BCUT2D eigenvalue weighted by atomic mass is 10.1. The summed E-state index contributed by atoms with van der Waals surface area (Å²) in [5.74, 6) is 0. The van der Waals surface area contributed by atoms with E-state index in [-0.39, 0.29) is 0 Å². The summed E-state index contributed by atoms with van der Waals surface area (Å²) in [4.78, 5) is 0. The van der Waals surface area contributed by atoms with Crippen molar-refractivity contribution in [3.63, 3.8) is 0 Å². The zero-order valence-corrected chi connectivity index (χ0v) is 15.3. The van der Waals surface area contributed by atoms with Crippen molar-refractivity contribution in [1.82, 2.24) is 0 Å². The minimum absolute atomic E-state index is 0.345. The summed E-state index contributed by atoms with van der Waals surface area (Å²) in [6.45, 7) is 12.5. The topological polar surface area (TPSA) is 9.23 Å². The van der Waals surface area contributed by atoms with E-state index in [1.165, 1.54) is 32.1 Å². The van der Waals surface area contributed by atoms with Crippen molar-refractivity contribution < 1.29 is 4.43 Å². The number of hydrogen-bond acceptors (Lipinski definition) is 1. The van der Waals surface area contributed by atoms with Crippen LogP contribution in [-0.4, -0.2) is 14.9 Å². The van der Waals surface area contributed by atoms with Crippen molar-refractivity contribution in [3.8, 4) is 0 Å².